The number of hydrogen-bond donors (Lipinski definition) is 1. The normalized spacial score (nSPS) is 13.8. The van der Waals surface area contributed by atoms with Crippen LogP contribution in [0.3, 0.4) is 0 Å². The summed E-state index contributed by atoms with van der Waals surface area (Å²) < 4.78 is 5.43. The van der Waals surface area contributed by atoms with Crippen LogP contribution >= 0.6 is 0 Å². The summed E-state index contributed by atoms with van der Waals surface area (Å²) in [6.07, 6.45) is 8.68. The average molecular weight is 181 g/mol. The lowest BCUT2D eigenvalue weighted by Crippen LogP contribution is -2.03. The van der Waals surface area contributed by atoms with Gasteiger partial charge in [-0.3, -0.25) is 0 Å². The van der Waals surface area contributed by atoms with Crippen molar-refractivity contribution < 1.29 is 4.74 Å². The Morgan fingerprint density at radius 3 is 2.77 bits per heavy atom. The highest BCUT2D eigenvalue weighted by molar-refractivity contribution is 5.14. The topological polar surface area (TPSA) is 35.2 Å². The predicted molar refractivity (Wildman–Crippen MR) is 57.3 cm³/mol. The van der Waals surface area contributed by atoms with Crippen LogP contribution in [0.5, 0.6) is 0 Å². The standard InChI is InChI=1S/C11H19NO/c1-4-10(2)13-11(3)8-6-5-7-9-12/h5-8,10H,3-4,9,12H2,1-2H3/b7-5-,8-6-. The maximum Gasteiger partial charge on any atom is 0.112 e. The van der Waals surface area contributed by atoms with Gasteiger partial charge in [0.15, 0.2) is 0 Å². The van der Waals surface area contributed by atoms with E-state index in [4.69, 9.17) is 10.5 Å². The van der Waals surface area contributed by atoms with E-state index in [1.165, 1.54) is 0 Å². The number of allylic oxidation sites excluding steroid dienone is 3. The van der Waals surface area contributed by atoms with Gasteiger partial charge in [-0.25, -0.2) is 0 Å². The molecular weight excluding hydrogens is 162 g/mol. The monoisotopic (exact) mass is 181 g/mol. The summed E-state index contributed by atoms with van der Waals surface area (Å²) in [4.78, 5) is 0. The minimum absolute atomic E-state index is 0.232. The molecule has 13 heavy (non-hydrogen) atoms. The van der Waals surface area contributed by atoms with E-state index >= 15 is 0 Å². The second-order valence-electron chi connectivity index (χ2n) is 2.83. The third-order valence-corrected chi connectivity index (χ3v) is 1.59. The maximum absolute atomic E-state index is 5.43. The van der Waals surface area contributed by atoms with Crippen LogP contribution in [0.4, 0.5) is 0 Å². The van der Waals surface area contributed by atoms with Crippen LogP contribution in [-0.4, -0.2) is 12.6 Å². The fourth-order valence-electron chi connectivity index (χ4n) is 0.701. The van der Waals surface area contributed by atoms with E-state index < -0.39 is 0 Å². The van der Waals surface area contributed by atoms with Gasteiger partial charge in [0.05, 0.1) is 6.10 Å². The number of nitrogens with two attached hydrogens (primary N) is 1. The molecule has 0 aliphatic heterocycles. The summed E-state index contributed by atoms with van der Waals surface area (Å²) in [5.41, 5.74) is 5.27. The number of hydrogen-bond acceptors (Lipinski definition) is 2. The summed E-state index contributed by atoms with van der Waals surface area (Å²) in [6, 6.07) is 0. The molecule has 2 N–H and O–H groups in total. The van der Waals surface area contributed by atoms with Gasteiger partial charge in [-0.2, -0.15) is 0 Å². The van der Waals surface area contributed by atoms with Gasteiger partial charge in [0.2, 0.25) is 0 Å². The quantitative estimate of drug-likeness (QED) is 0.504. The van der Waals surface area contributed by atoms with Gasteiger partial charge in [-0.1, -0.05) is 31.7 Å². The average Bonchev–Trinajstić information content (AvgIpc) is 2.12. The molecule has 0 fully saturated rings. The third-order valence-electron chi connectivity index (χ3n) is 1.59. The van der Waals surface area contributed by atoms with Gasteiger partial charge >= 0.3 is 0 Å². The first kappa shape index (κ1) is 12.0. The summed E-state index contributed by atoms with van der Waals surface area (Å²) in [5.74, 6) is 0.691. The Morgan fingerprint density at radius 2 is 2.23 bits per heavy atom. The highest BCUT2D eigenvalue weighted by Crippen LogP contribution is 2.04. The Kier molecular flexibility index (Phi) is 7.02. The van der Waals surface area contributed by atoms with Crippen molar-refractivity contribution >= 4 is 0 Å². The van der Waals surface area contributed by atoms with Gasteiger partial charge in [0, 0.05) is 6.54 Å². The molecule has 1 atom stereocenters. The molecule has 74 valence electrons. The molecule has 0 radical (unpaired) electrons. The smallest absolute Gasteiger partial charge is 0.112 e. The molecule has 0 saturated heterocycles. The van der Waals surface area contributed by atoms with E-state index in [2.05, 4.69) is 13.5 Å². The largest absolute Gasteiger partial charge is 0.491 e. The molecule has 0 aromatic carbocycles. The van der Waals surface area contributed by atoms with Crippen LogP contribution in [0.15, 0.2) is 36.6 Å². The molecule has 0 spiro atoms. The van der Waals surface area contributed by atoms with Gasteiger partial charge in [0.25, 0.3) is 0 Å². The van der Waals surface area contributed by atoms with E-state index in [9.17, 15) is 0 Å². The SMILES string of the molecule is C=C(/C=C\C=C/CN)OC(C)CC. The van der Waals surface area contributed by atoms with Gasteiger partial charge in [0.1, 0.15) is 5.76 Å². The second-order valence-corrected chi connectivity index (χ2v) is 2.83. The Morgan fingerprint density at radius 1 is 1.54 bits per heavy atom. The number of rotatable bonds is 6. The Hall–Kier alpha value is -1.02. The van der Waals surface area contributed by atoms with Crippen LogP contribution in [0.1, 0.15) is 20.3 Å². The minimum atomic E-state index is 0.232. The predicted octanol–water partition coefficient (Wildman–Crippen LogP) is 2.39. The van der Waals surface area contributed by atoms with Crippen molar-refractivity contribution in [3.8, 4) is 0 Å². The molecule has 0 aliphatic rings. The summed E-state index contributed by atoms with van der Waals surface area (Å²) >= 11 is 0. The van der Waals surface area contributed by atoms with Crippen molar-refractivity contribution in [2.75, 3.05) is 6.54 Å². The van der Waals surface area contributed by atoms with E-state index in [0.29, 0.717) is 12.3 Å². The van der Waals surface area contributed by atoms with Crippen molar-refractivity contribution in [1.29, 1.82) is 0 Å². The first-order chi connectivity index (χ1) is 6.20. The lowest BCUT2D eigenvalue weighted by molar-refractivity contribution is 0.139. The Labute approximate surface area is 80.8 Å². The molecule has 0 aromatic rings. The molecular formula is C11H19NO. The van der Waals surface area contributed by atoms with Crippen molar-refractivity contribution in [3.05, 3.63) is 36.6 Å². The van der Waals surface area contributed by atoms with Gasteiger partial charge < -0.3 is 10.5 Å². The van der Waals surface area contributed by atoms with Crippen LogP contribution in [0.25, 0.3) is 0 Å². The fourth-order valence-corrected chi connectivity index (χ4v) is 0.701. The minimum Gasteiger partial charge on any atom is -0.491 e. The molecule has 0 amide bonds. The van der Waals surface area contributed by atoms with Crippen LogP contribution in [0.2, 0.25) is 0 Å². The third kappa shape index (κ3) is 7.34. The molecule has 2 nitrogen and oxygen atoms in total. The Bertz CT molecular complexity index is 194. The second kappa shape index (κ2) is 7.62. The van der Waals surface area contributed by atoms with Crippen molar-refractivity contribution in [2.24, 2.45) is 5.73 Å². The number of ether oxygens (including phenoxy) is 1. The van der Waals surface area contributed by atoms with Crippen molar-refractivity contribution in [3.63, 3.8) is 0 Å². The van der Waals surface area contributed by atoms with E-state index in [-0.39, 0.29) is 6.10 Å². The molecule has 1 unspecified atom stereocenters. The molecule has 0 aliphatic carbocycles. The first-order valence-electron chi connectivity index (χ1n) is 4.59. The molecule has 0 bridgehead atoms. The van der Waals surface area contributed by atoms with Crippen molar-refractivity contribution in [1.82, 2.24) is 0 Å². The van der Waals surface area contributed by atoms with Gasteiger partial charge in [-0.05, 0) is 19.4 Å². The first-order valence-corrected chi connectivity index (χ1v) is 4.59. The highest BCUT2D eigenvalue weighted by Gasteiger charge is 1.97. The van der Waals surface area contributed by atoms with Crippen LogP contribution < -0.4 is 5.73 Å². The summed E-state index contributed by atoms with van der Waals surface area (Å²) in [5, 5.41) is 0. The van der Waals surface area contributed by atoms with Crippen molar-refractivity contribution in [2.45, 2.75) is 26.4 Å². The fraction of sp³-hybridized carbons (Fsp3) is 0.455. The van der Waals surface area contributed by atoms with Crippen LogP contribution in [0, 0.1) is 0 Å². The molecule has 0 saturated carbocycles. The van der Waals surface area contributed by atoms with Gasteiger partial charge in [-0.15, -0.1) is 0 Å². The Balaban J connectivity index is 3.73. The molecule has 2 heteroatoms. The zero-order valence-electron chi connectivity index (χ0n) is 8.49. The molecule has 0 heterocycles. The molecule has 0 aromatic heterocycles. The summed E-state index contributed by atoms with van der Waals surface area (Å²) in [7, 11) is 0. The lowest BCUT2D eigenvalue weighted by atomic mass is 10.3. The van der Waals surface area contributed by atoms with E-state index in [0.717, 1.165) is 6.42 Å². The highest BCUT2D eigenvalue weighted by atomic mass is 16.5. The zero-order chi connectivity index (χ0) is 10.1. The molecule has 0 rings (SSSR count). The van der Waals surface area contributed by atoms with E-state index in [1.54, 1.807) is 0 Å². The maximum atomic E-state index is 5.43. The van der Waals surface area contributed by atoms with E-state index in [1.807, 2.05) is 31.2 Å². The zero-order valence-corrected chi connectivity index (χ0v) is 8.49. The summed E-state index contributed by atoms with van der Waals surface area (Å²) in [6.45, 7) is 8.43. The van der Waals surface area contributed by atoms with Crippen LogP contribution in [-0.2, 0) is 4.74 Å². The lowest BCUT2D eigenvalue weighted by Gasteiger charge is -2.11.